The number of aliphatic hydroxyl groups excluding tert-OH is 1. The van der Waals surface area contributed by atoms with Gasteiger partial charge in [-0.05, 0) is 35.9 Å². The SMILES string of the molecule is CN=C(NCc1ccc(F)c(CO)c1)N1CCN(Cc2cc(OC)ccc2OC)CC1.I. The first-order chi connectivity index (χ1) is 15.1. The Hall–Kier alpha value is -2.11. The van der Waals surface area contributed by atoms with E-state index < -0.39 is 0 Å². The van der Waals surface area contributed by atoms with E-state index in [0.29, 0.717) is 12.1 Å². The van der Waals surface area contributed by atoms with E-state index in [1.165, 1.54) is 6.07 Å². The van der Waals surface area contributed by atoms with Gasteiger partial charge in [0.2, 0.25) is 0 Å². The molecule has 0 atom stereocenters. The lowest BCUT2D eigenvalue weighted by molar-refractivity contribution is 0.171. The molecule has 0 aliphatic carbocycles. The van der Waals surface area contributed by atoms with Gasteiger partial charge in [-0.15, -0.1) is 24.0 Å². The Bertz CT molecular complexity index is 905. The van der Waals surface area contributed by atoms with Gasteiger partial charge in [0.15, 0.2) is 5.96 Å². The second-order valence-electron chi connectivity index (χ2n) is 7.43. The summed E-state index contributed by atoms with van der Waals surface area (Å²) >= 11 is 0. The third-order valence-electron chi connectivity index (χ3n) is 5.50. The Labute approximate surface area is 206 Å². The van der Waals surface area contributed by atoms with E-state index in [1.807, 2.05) is 18.2 Å². The van der Waals surface area contributed by atoms with Gasteiger partial charge in [-0.3, -0.25) is 9.89 Å². The normalized spacial score (nSPS) is 14.7. The zero-order valence-electron chi connectivity index (χ0n) is 18.8. The molecule has 0 radical (unpaired) electrons. The van der Waals surface area contributed by atoms with Crippen molar-refractivity contribution in [2.24, 2.45) is 4.99 Å². The molecule has 2 aromatic rings. The fourth-order valence-corrected chi connectivity index (χ4v) is 3.74. The summed E-state index contributed by atoms with van der Waals surface area (Å²) in [6, 6.07) is 10.6. The molecular weight excluding hydrogens is 526 g/mol. The highest BCUT2D eigenvalue weighted by Gasteiger charge is 2.21. The Morgan fingerprint density at radius 3 is 2.44 bits per heavy atom. The van der Waals surface area contributed by atoms with Crippen molar-refractivity contribution in [2.45, 2.75) is 19.7 Å². The quantitative estimate of drug-likeness (QED) is 0.310. The number of hydrogen-bond acceptors (Lipinski definition) is 5. The molecular formula is C23H32FIN4O3. The van der Waals surface area contributed by atoms with Gasteiger partial charge < -0.3 is 24.8 Å². The number of halogens is 2. The standard InChI is InChI=1S/C23H31FN4O3.HI/c1-25-23(26-14-17-4-6-21(24)19(12-17)16-29)28-10-8-27(9-11-28)15-18-13-20(30-2)5-7-22(18)31-3;/h4-7,12-13,29H,8-11,14-16H2,1-3H3,(H,25,26);1H. The molecule has 2 aromatic carbocycles. The van der Waals surface area contributed by atoms with E-state index in [-0.39, 0.29) is 36.4 Å². The van der Waals surface area contributed by atoms with Gasteiger partial charge in [0, 0.05) is 57.4 Å². The van der Waals surface area contributed by atoms with Crippen LogP contribution in [-0.2, 0) is 19.7 Å². The van der Waals surface area contributed by atoms with Gasteiger partial charge in [0.1, 0.15) is 17.3 Å². The Kier molecular flexibility index (Phi) is 10.5. The summed E-state index contributed by atoms with van der Waals surface area (Å²) in [5, 5.41) is 12.6. The number of nitrogens with one attached hydrogen (secondary N) is 1. The minimum absolute atomic E-state index is 0. The predicted molar refractivity (Wildman–Crippen MR) is 134 cm³/mol. The third kappa shape index (κ3) is 6.69. The molecule has 7 nitrogen and oxygen atoms in total. The molecule has 1 aliphatic rings. The van der Waals surface area contributed by atoms with Gasteiger partial charge in [0.05, 0.1) is 20.8 Å². The third-order valence-corrected chi connectivity index (χ3v) is 5.50. The van der Waals surface area contributed by atoms with Crippen LogP contribution in [0.3, 0.4) is 0 Å². The van der Waals surface area contributed by atoms with E-state index >= 15 is 0 Å². The van der Waals surface area contributed by atoms with Crippen molar-refractivity contribution in [3.8, 4) is 11.5 Å². The van der Waals surface area contributed by atoms with Crippen molar-refractivity contribution in [3.63, 3.8) is 0 Å². The van der Waals surface area contributed by atoms with Crippen LogP contribution in [0.4, 0.5) is 4.39 Å². The number of rotatable bonds is 7. The number of methoxy groups -OCH3 is 2. The number of ether oxygens (including phenoxy) is 2. The summed E-state index contributed by atoms with van der Waals surface area (Å²) in [5.41, 5.74) is 2.31. The average molecular weight is 558 g/mol. The Morgan fingerprint density at radius 1 is 1.06 bits per heavy atom. The maximum atomic E-state index is 13.6. The van der Waals surface area contributed by atoms with E-state index in [9.17, 15) is 9.50 Å². The molecule has 1 saturated heterocycles. The van der Waals surface area contributed by atoms with Crippen LogP contribution in [0, 0.1) is 5.82 Å². The van der Waals surface area contributed by atoms with Crippen molar-refractivity contribution < 1.29 is 19.0 Å². The average Bonchev–Trinajstić information content (AvgIpc) is 2.81. The van der Waals surface area contributed by atoms with Crippen LogP contribution in [0.15, 0.2) is 41.4 Å². The smallest absolute Gasteiger partial charge is 0.194 e. The molecule has 0 amide bonds. The number of aliphatic hydroxyl groups is 1. The van der Waals surface area contributed by atoms with Crippen molar-refractivity contribution in [3.05, 3.63) is 58.9 Å². The number of benzene rings is 2. The number of aliphatic imine (C=N–C) groups is 1. The first kappa shape index (κ1) is 26.1. The van der Waals surface area contributed by atoms with Crippen molar-refractivity contribution >= 4 is 29.9 Å². The summed E-state index contributed by atoms with van der Waals surface area (Å²) < 4.78 is 24.4. The lowest BCUT2D eigenvalue weighted by Gasteiger charge is -2.36. The zero-order valence-corrected chi connectivity index (χ0v) is 21.1. The zero-order chi connectivity index (χ0) is 22.2. The lowest BCUT2D eigenvalue weighted by atomic mass is 10.1. The predicted octanol–water partition coefficient (Wildman–Crippen LogP) is 2.85. The molecule has 1 heterocycles. The maximum absolute atomic E-state index is 13.6. The molecule has 3 rings (SSSR count). The van der Waals surface area contributed by atoms with E-state index in [1.54, 1.807) is 33.4 Å². The highest BCUT2D eigenvalue weighted by atomic mass is 127. The van der Waals surface area contributed by atoms with Crippen LogP contribution >= 0.6 is 24.0 Å². The summed E-state index contributed by atoms with van der Waals surface area (Å²) in [4.78, 5) is 9.00. The number of guanidine groups is 1. The molecule has 0 unspecified atom stereocenters. The fourth-order valence-electron chi connectivity index (χ4n) is 3.74. The topological polar surface area (TPSA) is 69.6 Å². The number of piperazine rings is 1. The lowest BCUT2D eigenvalue weighted by Crippen LogP contribution is -2.52. The summed E-state index contributed by atoms with van der Waals surface area (Å²) in [5.74, 6) is 2.11. The number of hydrogen-bond donors (Lipinski definition) is 2. The largest absolute Gasteiger partial charge is 0.497 e. The van der Waals surface area contributed by atoms with Crippen molar-refractivity contribution in [1.82, 2.24) is 15.1 Å². The van der Waals surface area contributed by atoms with Crippen LogP contribution in [0.1, 0.15) is 16.7 Å². The molecule has 9 heteroatoms. The van der Waals surface area contributed by atoms with Crippen molar-refractivity contribution in [1.29, 1.82) is 0 Å². The Morgan fingerprint density at radius 2 is 1.81 bits per heavy atom. The van der Waals surface area contributed by atoms with Crippen LogP contribution in [0.2, 0.25) is 0 Å². The van der Waals surface area contributed by atoms with Crippen LogP contribution in [0.25, 0.3) is 0 Å². The molecule has 1 fully saturated rings. The van der Waals surface area contributed by atoms with E-state index in [4.69, 9.17) is 9.47 Å². The Balaban J connectivity index is 0.00000363. The van der Waals surface area contributed by atoms with Gasteiger partial charge in [0.25, 0.3) is 0 Å². The summed E-state index contributed by atoms with van der Waals surface area (Å²) in [7, 11) is 5.11. The fraction of sp³-hybridized carbons (Fsp3) is 0.435. The van der Waals surface area contributed by atoms with Gasteiger partial charge in [-0.2, -0.15) is 0 Å². The molecule has 2 N–H and O–H groups in total. The monoisotopic (exact) mass is 558 g/mol. The first-order valence-corrected chi connectivity index (χ1v) is 10.3. The van der Waals surface area contributed by atoms with Gasteiger partial charge in [-0.25, -0.2) is 4.39 Å². The number of nitrogens with zero attached hydrogens (tertiary/aromatic N) is 3. The van der Waals surface area contributed by atoms with E-state index in [0.717, 1.165) is 61.3 Å². The van der Waals surface area contributed by atoms with Crippen molar-refractivity contribution in [2.75, 3.05) is 47.4 Å². The molecule has 176 valence electrons. The maximum Gasteiger partial charge on any atom is 0.194 e. The van der Waals surface area contributed by atoms with Crippen LogP contribution in [0.5, 0.6) is 11.5 Å². The minimum Gasteiger partial charge on any atom is -0.497 e. The molecule has 0 aromatic heterocycles. The highest BCUT2D eigenvalue weighted by molar-refractivity contribution is 14.0. The molecule has 0 saturated carbocycles. The van der Waals surface area contributed by atoms with Gasteiger partial charge in [-0.1, -0.05) is 6.07 Å². The molecule has 0 bridgehead atoms. The molecule has 32 heavy (non-hydrogen) atoms. The molecule has 0 spiro atoms. The van der Waals surface area contributed by atoms with Crippen LogP contribution in [-0.4, -0.2) is 68.3 Å². The first-order valence-electron chi connectivity index (χ1n) is 10.3. The molecule has 1 aliphatic heterocycles. The second-order valence-corrected chi connectivity index (χ2v) is 7.43. The van der Waals surface area contributed by atoms with Gasteiger partial charge >= 0.3 is 0 Å². The van der Waals surface area contributed by atoms with Crippen LogP contribution < -0.4 is 14.8 Å². The van der Waals surface area contributed by atoms with E-state index in [2.05, 4.69) is 20.1 Å². The second kappa shape index (κ2) is 12.8. The summed E-state index contributed by atoms with van der Waals surface area (Å²) in [6.45, 7) is 4.47. The minimum atomic E-state index is -0.389. The highest BCUT2D eigenvalue weighted by Crippen LogP contribution is 2.25. The summed E-state index contributed by atoms with van der Waals surface area (Å²) in [6.07, 6.45) is 0.